The fraction of sp³-hybridized carbons (Fsp3) is 0.176. The van der Waals surface area contributed by atoms with E-state index in [4.69, 9.17) is 21.1 Å². The molecule has 1 heterocycles. The Morgan fingerprint density at radius 3 is 2.36 bits per heavy atom. The monoisotopic (exact) mass is 362 g/mol. The van der Waals surface area contributed by atoms with E-state index in [1.165, 1.54) is 30.5 Å². The van der Waals surface area contributed by atoms with Crippen LogP contribution >= 0.6 is 11.6 Å². The van der Waals surface area contributed by atoms with Crippen LogP contribution in [0.3, 0.4) is 0 Å². The van der Waals surface area contributed by atoms with Crippen molar-refractivity contribution in [2.75, 3.05) is 18.5 Å². The molecule has 1 amide bonds. The van der Waals surface area contributed by atoms with Gasteiger partial charge in [-0.15, -0.1) is 0 Å². The van der Waals surface area contributed by atoms with Crippen LogP contribution in [0.2, 0.25) is 5.15 Å². The third kappa shape index (κ3) is 5.58. The van der Waals surface area contributed by atoms with Crippen molar-refractivity contribution in [1.82, 2.24) is 4.98 Å². The van der Waals surface area contributed by atoms with Crippen LogP contribution in [-0.4, -0.2) is 36.0 Å². The molecule has 1 aromatic heterocycles. The molecule has 0 aliphatic carbocycles. The Morgan fingerprint density at radius 2 is 1.72 bits per heavy atom. The van der Waals surface area contributed by atoms with Gasteiger partial charge in [0.25, 0.3) is 5.91 Å². The molecule has 2 aromatic rings. The van der Waals surface area contributed by atoms with Gasteiger partial charge in [0.1, 0.15) is 5.15 Å². The highest BCUT2D eigenvalue weighted by Gasteiger charge is 2.12. The maximum atomic E-state index is 11.8. The third-order valence-corrected chi connectivity index (χ3v) is 3.18. The Balaban J connectivity index is 1.86. The average Bonchev–Trinajstić information content (AvgIpc) is 2.60. The lowest BCUT2D eigenvalue weighted by atomic mass is 10.2. The van der Waals surface area contributed by atoms with Gasteiger partial charge in [-0.05, 0) is 43.3 Å². The molecule has 0 bridgehead atoms. The van der Waals surface area contributed by atoms with E-state index in [0.29, 0.717) is 11.3 Å². The number of carbonyl (C=O) groups excluding carboxylic acids is 3. The first-order valence-electron chi connectivity index (χ1n) is 7.35. The molecule has 0 spiro atoms. The number of carbonyl (C=O) groups is 3. The summed E-state index contributed by atoms with van der Waals surface area (Å²) in [5, 5.41) is 2.70. The van der Waals surface area contributed by atoms with Crippen molar-refractivity contribution in [3.05, 3.63) is 58.9 Å². The third-order valence-electron chi connectivity index (χ3n) is 2.98. The molecule has 7 nitrogen and oxygen atoms in total. The number of pyridine rings is 1. The van der Waals surface area contributed by atoms with Crippen molar-refractivity contribution in [3.63, 3.8) is 0 Å². The maximum absolute atomic E-state index is 11.8. The molecule has 0 aliphatic heterocycles. The summed E-state index contributed by atoms with van der Waals surface area (Å²) in [7, 11) is 0. The topological polar surface area (TPSA) is 94.6 Å². The van der Waals surface area contributed by atoms with E-state index >= 15 is 0 Å². The highest BCUT2D eigenvalue weighted by atomic mass is 35.5. The average molecular weight is 363 g/mol. The van der Waals surface area contributed by atoms with Gasteiger partial charge >= 0.3 is 11.9 Å². The van der Waals surface area contributed by atoms with Crippen LogP contribution in [0.15, 0.2) is 42.6 Å². The van der Waals surface area contributed by atoms with E-state index in [2.05, 4.69) is 10.3 Å². The van der Waals surface area contributed by atoms with Gasteiger partial charge in [0, 0.05) is 11.9 Å². The SMILES string of the molecule is CCOC(=O)c1ccc(NC(=O)COC(=O)c2ccnc(Cl)c2)cc1. The number of benzene rings is 1. The Hall–Kier alpha value is -2.93. The lowest BCUT2D eigenvalue weighted by Gasteiger charge is -2.07. The number of esters is 2. The minimum absolute atomic E-state index is 0.153. The standard InChI is InChI=1S/C17H15ClN2O5/c1-2-24-16(22)11-3-5-13(6-4-11)20-15(21)10-25-17(23)12-7-8-19-14(18)9-12/h3-9H,2,10H2,1H3,(H,20,21). The number of halogens is 1. The molecule has 0 saturated carbocycles. The normalized spacial score (nSPS) is 10.0. The fourth-order valence-electron chi connectivity index (χ4n) is 1.85. The predicted octanol–water partition coefficient (Wildman–Crippen LogP) is 2.71. The summed E-state index contributed by atoms with van der Waals surface area (Å²) in [5.74, 6) is -1.64. The summed E-state index contributed by atoms with van der Waals surface area (Å²) in [6.45, 7) is 1.54. The van der Waals surface area contributed by atoms with E-state index < -0.39 is 24.5 Å². The lowest BCUT2D eigenvalue weighted by molar-refractivity contribution is -0.119. The first-order chi connectivity index (χ1) is 12.0. The van der Waals surface area contributed by atoms with Crippen LogP contribution in [0.1, 0.15) is 27.6 Å². The van der Waals surface area contributed by atoms with Gasteiger partial charge in [0.05, 0.1) is 17.7 Å². The summed E-state index contributed by atoms with van der Waals surface area (Å²) in [6.07, 6.45) is 1.37. The molecule has 0 aliphatic rings. The predicted molar refractivity (Wildman–Crippen MR) is 90.6 cm³/mol. The number of ether oxygens (including phenoxy) is 2. The molecule has 0 fully saturated rings. The number of anilines is 1. The van der Waals surface area contributed by atoms with Crippen molar-refractivity contribution >= 4 is 35.1 Å². The Labute approximate surface area is 148 Å². The Bertz CT molecular complexity index is 777. The summed E-state index contributed by atoms with van der Waals surface area (Å²) < 4.78 is 9.77. The number of rotatable bonds is 6. The van der Waals surface area contributed by atoms with Crippen LogP contribution in [-0.2, 0) is 14.3 Å². The van der Waals surface area contributed by atoms with Gasteiger partial charge in [0.2, 0.25) is 0 Å². The van der Waals surface area contributed by atoms with Gasteiger partial charge in [-0.25, -0.2) is 14.6 Å². The van der Waals surface area contributed by atoms with Gasteiger partial charge in [-0.3, -0.25) is 4.79 Å². The van der Waals surface area contributed by atoms with Crippen LogP contribution in [0.5, 0.6) is 0 Å². The van der Waals surface area contributed by atoms with E-state index in [1.54, 1.807) is 19.1 Å². The van der Waals surface area contributed by atoms with E-state index in [-0.39, 0.29) is 17.3 Å². The van der Waals surface area contributed by atoms with Gasteiger partial charge in [-0.1, -0.05) is 11.6 Å². The number of hydrogen-bond acceptors (Lipinski definition) is 6. The second-order valence-electron chi connectivity index (χ2n) is 4.79. The quantitative estimate of drug-likeness (QED) is 0.627. The van der Waals surface area contributed by atoms with Crippen LogP contribution in [0.25, 0.3) is 0 Å². The number of nitrogens with zero attached hydrogens (tertiary/aromatic N) is 1. The Morgan fingerprint density at radius 1 is 1.04 bits per heavy atom. The van der Waals surface area contributed by atoms with Crippen molar-refractivity contribution in [3.8, 4) is 0 Å². The summed E-state index contributed by atoms with van der Waals surface area (Å²) in [5.41, 5.74) is 1.04. The number of amides is 1. The fourth-order valence-corrected chi connectivity index (χ4v) is 2.02. The lowest BCUT2D eigenvalue weighted by Crippen LogP contribution is -2.21. The molecule has 0 atom stereocenters. The molecule has 25 heavy (non-hydrogen) atoms. The van der Waals surface area contributed by atoms with Crippen LogP contribution in [0, 0.1) is 0 Å². The summed E-state index contributed by atoms with van der Waals surface area (Å²) in [4.78, 5) is 38.9. The molecule has 1 N–H and O–H groups in total. The zero-order valence-corrected chi connectivity index (χ0v) is 14.1. The first kappa shape index (κ1) is 18.4. The van der Waals surface area contributed by atoms with Crippen molar-refractivity contribution in [2.24, 2.45) is 0 Å². The van der Waals surface area contributed by atoms with Gasteiger partial charge in [-0.2, -0.15) is 0 Å². The van der Waals surface area contributed by atoms with Crippen LogP contribution < -0.4 is 5.32 Å². The molecule has 0 saturated heterocycles. The smallest absolute Gasteiger partial charge is 0.338 e. The molecule has 8 heteroatoms. The first-order valence-corrected chi connectivity index (χ1v) is 7.73. The second-order valence-corrected chi connectivity index (χ2v) is 5.18. The minimum Gasteiger partial charge on any atom is -0.462 e. The van der Waals surface area contributed by atoms with Crippen LogP contribution in [0.4, 0.5) is 5.69 Å². The van der Waals surface area contributed by atoms with Gasteiger partial charge < -0.3 is 14.8 Å². The minimum atomic E-state index is -0.683. The molecular weight excluding hydrogens is 348 g/mol. The Kier molecular flexibility index (Phi) is 6.47. The molecule has 0 radical (unpaired) electrons. The van der Waals surface area contributed by atoms with E-state index in [0.717, 1.165) is 0 Å². The van der Waals surface area contributed by atoms with Crippen molar-refractivity contribution in [1.29, 1.82) is 0 Å². The van der Waals surface area contributed by atoms with Crippen molar-refractivity contribution < 1.29 is 23.9 Å². The molecule has 1 aromatic carbocycles. The zero-order valence-electron chi connectivity index (χ0n) is 13.3. The largest absolute Gasteiger partial charge is 0.462 e. The molecule has 0 unspecified atom stereocenters. The second kappa shape index (κ2) is 8.79. The number of aromatic nitrogens is 1. The molecule has 130 valence electrons. The van der Waals surface area contributed by atoms with E-state index in [9.17, 15) is 14.4 Å². The number of hydrogen-bond donors (Lipinski definition) is 1. The zero-order chi connectivity index (χ0) is 18.2. The van der Waals surface area contributed by atoms with Gasteiger partial charge in [0.15, 0.2) is 6.61 Å². The van der Waals surface area contributed by atoms with E-state index in [1.807, 2.05) is 0 Å². The number of nitrogens with one attached hydrogen (secondary N) is 1. The summed E-state index contributed by atoms with van der Waals surface area (Å²) in [6, 6.07) is 8.93. The summed E-state index contributed by atoms with van der Waals surface area (Å²) >= 11 is 5.68. The van der Waals surface area contributed by atoms with Crippen molar-refractivity contribution in [2.45, 2.75) is 6.92 Å². The highest BCUT2D eigenvalue weighted by molar-refractivity contribution is 6.29. The maximum Gasteiger partial charge on any atom is 0.338 e. The molecule has 2 rings (SSSR count). The highest BCUT2D eigenvalue weighted by Crippen LogP contribution is 2.11. The molecular formula is C17H15ClN2O5.